The van der Waals surface area contributed by atoms with Gasteiger partial charge in [0.1, 0.15) is 0 Å². The third-order valence-corrected chi connectivity index (χ3v) is 5.72. The zero-order chi connectivity index (χ0) is 24.6. The Morgan fingerprint density at radius 3 is 2.42 bits per heavy atom. The number of nitrogens with zero attached hydrogens (tertiary/aromatic N) is 3. The van der Waals surface area contributed by atoms with Crippen LogP contribution in [-0.4, -0.2) is 64.7 Å². The maximum absolute atomic E-state index is 12.9. The number of benzene rings is 1. The van der Waals surface area contributed by atoms with E-state index in [1.54, 1.807) is 0 Å². The average Bonchev–Trinajstić information content (AvgIpc) is 3.09. The number of rotatable bonds is 6. The molecule has 0 saturated carbocycles. The lowest BCUT2D eigenvalue weighted by Crippen LogP contribution is -2.35. The van der Waals surface area contributed by atoms with Gasteiger partial charge in [-0.3, -0.25) is 4.79 Å². The van der Waals surface area contributed by atoms with Crippen molar-refractivity contribution < 1.29 is 27.9 Å². The quantitative estimate of drug-likeness (QED) is 0.659. The summed E-state index contributed by atoms with van der Waals surface area (Å²) in [5.41, 5.74) is 2.27. The molecule has 182 valence electrons. The van der Waals surface area contributed by atoms with E-state index in [1.165, 1.54) is 5.69 Å². The van der Waals surface area contributed by atoms with Crippen LogP contribution in [0.2, 0.25) is 5.02 Å². The largest absolute Gasteiger partial charge is 0.490 e. The van der Waals surface area contributed by atoms with Crippen molar-refractivity contribution in [3.05, 3.63) is 58.9 Å². The molecule has 2 heterocycles. The number of carbonyl (C=O) groups excluding carboxylic acids is 1. The van der Waals surface area contributed by atoms with Crippen LogP contribution in [0, 0.1) is 5.92 Å². The molecule has 1 N–H and O–H groups in total. The molecule has 0 radical (unpaired) electrons. The Hall–Kier alpha value is -2.52. The molecule has 1 aliphatic rings. The van der Waals surface area contributed by atoms with Gasteiger partial charge >= 0.3 is 12.1 Å². The zero-order valence-electron chi connectivity index (χ0n) is 18.7. The van der Waals surface area contributed by atoms with Crippen molar-refractivity contribution in [3.8, 4) is 0 Å². The normalized spacial score (nSPS) is 16.0. The van der Waals surface area contributed by atoms with Crippen molar-refractivity contribution in [2.24, 2.45) is 5.92 Å². The van der Waals surface area contributed by atoms with Crippen LogP contribution in [-0.2, 0) is 29.1 Å². The average molecular weight is 488 g/mol. The Morgan fingerprint density at radius 1 is 1.15 bits per heavy atom. The van der Waals surface area contributed by atoms with E-state index in [2.05, 4.69) is 41.9 Å². The van der Waals surface area contributed by atoms with Crippen molar-refractivity contribution >= 4 is 23.5 Å². The van der Waals surface area contributed by atoms with Gasteiger partial charge in [-0.1, -0.05) is 29.8 Å². The van der Waals surface area contributed by atoms with Crippen molar-refractivity contribution in [1.82, 2.24) is 14.4 Å². The summed E-state index contributed by atoms with van der Waals surface area (Å²) in [6.07, 6.45) is -0.655. The first-order valence-electron chi connectivity index (χ1n) is 10.6. The van der Waals surface area contributed by atoms with E-state index < -0.39 is 12.1 Å². The number of carboxylic acid groups (broad SMARTS) is 1. The summed E-state index contributed by atoms with van der Waals surface area (Å²) in [4.78, 5) is 26.1. The lowest BCUT2D eigenvalue weighted by atomic mass is 10.0. The summed E-state index contributed by atoms with van der Waals surface area (Å²) in [6.45, 7) is 3.57. The van der Waals surface area contributed by atoms with Gasteiger partial charge in [0, 0.05) is 36.4 Å². The topological polar surface area (TPSA) is 65.8 Å². The molecule has 1 unspecified atom stereocenters. The van der Waals surface area contributed by atoms with Gasteiger partial charge in [0.15, 0.2) is 0 Å². The van der Waals surface area contributed by atoms with Crippen LogP contribution in [0.15, 0.2) is 42.6 Å². The van der Waals surface area contributed by atoms with Crippen LogP contribution in [0.5, 0.6) is 0 Å². The first-order valence-corrected chi connectivity index (χ1v) is 10.9. The summed E-state index contributed by atoms with van der Waals surface area (Å²) in [5, 5.41) is 7.87. The van der Waals surface area contributed by atoms with Gasteiger partial charge in [0.2, 0.25) is 5.91 Å². The second kappa shape index (κ2) is 12.1. The molecular formula is C23H29ClF3N3O3. The van der Waals surface area contributed by atoms with E-state index in [9.17, 15) is 18.0 Å². The highest BCUT2D eigenvalue weighted by Crippen LogP contribution is 2.22. The number of carboxylic acids is 1. The fourth-order valence-electron chi connectivity index (χ4n) is 3.59. The summed E-state index contributed by atoms with van der Waals surface area (Å²) in [7, 11) is 4.20. The number of fused-ring (bicyclic) bond motifs is 1. The van der Waals surface area contributed by atoms with Gasteiger partial charge in [-0.2, -0.15) is 13.2 Å². The molecule has 1 aromatic heterocycles. The number of aromatic nitrogens is 1. The number of carbonyl (C=O) groups is 2. The molecule has 0 bridgehead atoms. The third-order valence-electron chi connectivity index (χ3n) is 5.36. The molecular weight excluding hydrogens is 459 g/mol. The maximum Gasteiger partial charge on any atom is 0.490 e. The Balaban J connectivity index is 0.000000479. The summed E-state index contributed by atoms with van der Waals surface area (Å²) in [5.74, 6) is -2.06. The van der Waals surface area contributed by atoms with Crippen LogP contribution in [0.1, 0.15) is 24.1 Å². The number of hydrogen-bond donors (Lipinski definition) is 1. The van der Waals surface area contributed by atoms with Gasteiger partial charge in [-0.05, 0) is 63.2 Å². The Morgan fingerprint density at radius 2 is 1.82 bits per heavy atom. The van der Waals surface area contributed by atoms with Gasteiger partial charge in [-0.15, -0.1) is 0 Å². The smallest absolute Gasteiger partial charge is 0.475 e. The predicted molar refractivity (Wildman–Crippen MR) is 120 cm³/mol. The first kappa shape index (κ1) is 26.7. The van der Waals surface area contributed by atoms with Crippen LogP contribution < -0.4 is 0 Å². The molecule has 0 fully saturated rings. The van der Waals surface area contributed by atoms with E-state index in [-0.39, 0.29) is 5.91 Å². The van der Waals surface area contributed by atoms with Crippen molar-refractivity contribution in [1.29, 1.82) is 0 Å². The van der Waals surface area contributed by atoms with Crippen LogP contribution in [0.4, 0.5) is 13.2 Å². The Kier molecular flexibility index (Phi) is 9.79. The SMILES string of the molecule is CN(C)CCC1CN(C(=O)CCc2ccccc2Cl)Cc2cccn2C1.O=C(O)C(F)(F)F. The number of aryl methyl sites for hydroxylation is 1. The molecule has 1 aromatic carbocycles. The van der Waals surface area contributed by atoms with E-state index in [4.69, 9.17) is 21.5 Å². The number of alkyl halides is 3. The van der Waals surface area contributed by atoms with Crippen LogP contribution in [0.25, 0.3) is 0 Å². The lowest BCUT2D eigenvalue weighted by molar-refractivity contribution is -0.192. The van der Waals surface area contributed by atoms with Gasteiger partial charge < -0.3 is 19.5 Å². The molecule has 2 aromatic rings. The monoisotopic (exact) mass is 487 g/mol. The molecule has 6 nitrogen and oxygen atoms in total. The van der Waals surface area contributed by atoms with Gasteiger partial charge in [-0.25, -0.2) is 4.79 Å². The Labute approximate surface area is 196 Å². The standard InChI is InChI=1S/C21H28ClN3O.C2HF3O2/c1-23(2)13-11-17-14-24-12-5-7-19(24)16-25(15-17)21(26)10-9-18-6-3-4-8-20(18)22;3-2(4,5)1(6)7/h3-8,12,17H,9-11,13-16H2,1-2H3;(H,6,7). The van der Waals surface area contributed by atoms with E-state index in [1.807, 2.05) is 29.2 Å². The predicted octanol–water partition coefficient (Wildman–Crippen LogP) is 4.32. The highest BCUT2D eigenvalue weighted by Gasteiger charge is 2.38. The highest BCUT2D eigenvalue weighted by atomic mass is 35.5. The zero-order valence-corrected chi connectivity index (χ0v) is 19.4. The minimum atomic E-state index is -5.08. The van der Waals surface area contributed by atoms with Gasteiger partial charge in [0.05, 0.1) is 6.54 Å². The van der Waals surface area contributed by atoms with Crippen molar-refractivity contribution in [3.63, 3.8) is 0 Å². The molecule has 0 aliphatic carbocycles. The summed E-state index contributed by atoms with van der Waals surface area (Å²) < 4.78 is 34.0. The van der Waals surface area contributed by atoms with Crippen LogP contribution >= 0.6 is 11.6 Å². The first-order chi connectivity index (χ1) is 15.5. The second-order valence-electron chi connectivity index (χ2n) is 8.28. The second-order valence-corrected chi connectivity index (χ2v) is 8.69. The fourth-order valence-corrected chi connectivity index (χ4v) is 3.82. The molecule has 1 atom stereocenters. The number of amides is 1. The number of halogens is 4. The molecule has 1 aliphatic heterocycles. The molecule has 33 heavy (non-hydrogen) atoms. The molecule has 1 amide bonds. The molecule has 0 saturated heterocycles. The number of aliphatic carboxylic acids is 1. The molecule has 10 heteroatoms. The molecule has 3 rings (SSSR count). The minimum Gasteiger partial charge on any atom is -0.475 e. The maximum atomic E-state index is 12.9. The van der Waals surface area contributed by atoms with E-state index >= 15 is 0 Å². The van der Waals surface area contributed by atoms with Crippen molar-refractivity contribution in [2.45, 2.75) is 38.5 Å². The van der Waals surface area contributed by atoms with Crippen LogP contribution in [0.3, 0.4) is 0 Å². The Bertz CT molecular complexity index is 931. The minimum absolute atomic E-state index is 0.217. The fraction of sp³-hybridized carbons (Fsp3) is 0.478. The van der Waals surface area contributed by atoms with Crippen molar-refractivity contribution in [2.75, 3.05) is 27.2 Å². The van der Waals surface area contributed by atoms with Gasteiger partial charge in [0.25, 0.3) is 0 Å². The van der Waals surface area contributed by atoms with E-state index in [0.717, 1.165) is 36.6 Å². The molecule has 0 spiro atoms. The third kappa shape index (κ3) is 8.74. The lowest BCUT2D eigenvalue weighted by Gasteiger charge is -2.25. The summed E-state index contributed by atoms with van der Waals surface area (Å²) in [6, 6.07) is 12.0. The number of hydrogen-bond acceptors (Lipinski definition) is 3. The highest BCUT2D eigenvalue weighted by molar-refractivity contribution is 6.31. The summed E-state index contributed by atoms with van der Waals surface area (Å²) >= 11 is 6.23. The van der Waals surface area contributed by atoms with E-state index in [0.29, 0.717) is 25.3 Å².